The number of nitrogens with zero attached hydrogens (tertiary/aromatic N) is 3. The smallest absolute Gasteiger partial charge is 0.257 e. The topological polar surface area (TPSA) is 76.6 Å². The highest BCUT2D eigenvalue weighted by molar-refractivity contribution is 6.32. The van der Waals surface area contributed by atoms with Gasteiger partial charge in [-0.25, -0.2) is 9.97 Å². The second-order valence-corrected chi connectivity index (χ2v) is 7.07. The molecule has 0 atom stereocenters. The number of fused-ring (bicyclic) bond motifs is 1. The molecule has 0 spiro atoms. The second kappa shape index (κ2) is 9.17. The van der Waals surface area contributed by atoms with E-state index in [-0.39, 0.29) is 5.91 Å². The van der Waals surface area contributed by atoms with Gasteiger partial charge in [-0.1, -0.05) is 11.6 Å². The quantitative estimate of drug-likeness (QED) is 0.580. The number of hydrogen-bond acceptors (Lipinski definition) is 6. The highest BCUT2D eigenvalue weighted by Gasteiger charge is 2.21. The van der Waals surface area contributed by atoms with E-state index in [1.165, 1.54) is 0 Å². The molecule has 0 aliphatic rings. The summed E-state index contributed by atoms with van der Waals surface area (Å²) in [6, 6.07) is 7.20. The molecule has 8 heteroatoms. The summed E-state index contributed by atoms with van der Waals surface area (Å²) in [6.07, 6.45) is 1.57. The van der Waals surface area contributed by atoms with Gasteiger partial charge >= 0.3 is 0 Å². The summed E-state index contributed by atoms with van der Waals surface area (Å²) in [5.74, 6) is 0.897. The molecule has 0 saturated heterocycles. The zero-order valence-corrected chi connectivity index (χ0v) is 18.5. The average molecular weight is 429 g/mol. The van der Waals surface area contributed by atoms with Crippen LogP contribution in [0.15, 0.2) is 30.5 Å². The molecule has 158 valence electrons. The lowest BCUT2D eigenvalue weighted by Crippen LogP contribution is -2.31. The first kappa shape index (κ1) is 21.6. The van der Waals surface area contributed by atoms with Crippen LogP contribution in [-0.2, 0) is 0 Å². The molecule has 0 radical (unpaired) electrons. The third kappa shape index (κ3) is 4.11. The number of carbonyl (C=O) groups excluding carboxylic acids is 1. The number of halogens is 1. The van der Waals surface area contributed by atoms with Gasteiger partial charge in [0, 0.05) is 42.5 Å². The van der Waals surface area contributed by atoms with Crippen molar-refractivity contribution in [1.29, 1.82) is 0 Å². The number of carbonyl (C=O) groups is 1. The number of methoxy groups -OCH3 is 2. The van der Waals surface area contributed by atoms with Crippen molar-refractivity contribution in [3.63, 3.8) is 0 Å². The zero-order valence-electron chi connectivity index (χ0n) is 17.7. The third-order valence-electron chi connectivity index (χ3n) is 4.88. The first-order valence-corrected chi connectivity index (χ1v) is 10.0. The SMILES string of the molecule is CCN(CC)C(=O)c1cnc2nc(C)ccc2c1Nc1cc(OC)c(Cl)cc1OC. The number of benzene rings is 1. The van der Waals surface area contributed by atoms with Crippen molar-refractivity contribution >= 4 is 39.9 Å². The number of anilines is 2. The van der Waals surface area contributed by atoms with Gasteiger partial charge in [0.15, 0.2) is 5.65 Å². The summed E-state index contributed by atoms with van der Waals surface area (Å²) in [7, 11) is 3.10. The van der Waals surface area contributed by atoms with Crippen molar-refractivity contribution in [1.82, 2.24) is 14.9 Å². The molecule has 1 aromatic carbocycles. The van der Waals surface area contributed by atoms with Gasteiger partial charge in [-0.3, -0.25) is 4.79 Å². The molecule has 0 aliphatic carbocycles. The van der Waals surface area contributed by atoms with Crippen molar-refractivity contribution < 1.29 is 14.3 Å². The van der Waals surface area contributed by atoms with E-state index in [1.54, 1.807) is 37.4 Å². The van der Waals surface area contributed by atoms with Gasteiger partial charge in [-0.15, -0.1) is 0 Å². The van der Waals surface area contributed by atoms with Crippen molar-refractivity contribution in [2.24, 2.45) is 0 Å². The van der Waals surface area contributed by atoms with E-state index in [0.29, 0.717) is 52.2 Å². The Balaban J connectivity index is 2.23. The van der Waals surface area contributed by atoms with Crippen LogP contribution in [0.2, 0.25) is 5.02 Å². The van der Waals surface area contributed by atoms with E-state index >= 15 is 0 Å². The number of aryl methyl sites for hydroxylation is 1. The summed E-state index contributed by atoms with van der Waals surface area (Å²) in [5, 5.41) is 4.51. The highest BCUT2D eigenvalue weighted by atomic mass is 35.5. The van der Waals surface area contributed by atoms with Crippen LogP contribution in [0.3, 0.4) is 0 Å². The Hall–Kier alpha value is -3.06. The molecule has 0 fully saturated rings. The Morgan fingerprint density at radius 1 is 1.13 bits per heavy atom. The van der Waals surface area contributed by atoms with Gasteiger partial charge < -0.3 is 19.7 Å². The molecular formula is C22H25ClN4O3. The summed E-state index contributed by atoms with van der Waals surface area (Å²) in [5.41, 5.74) is 3.06. The zero-order chi connectivity index (χ0) is 21.8. The van der Waals surface area contributed by atoms with Crippen LogP contribution in [0.1, 0.15) is 29.9 Å². The van der Waals surface area contributed by atoms with Crippen molar-refractivity contribution in [3.05, 3.63) is 46.7 Å². The minimum atomic E-state index is -0.114. The molecule has 30 heavy (non-hydrogen) atoms. The van der Waals surface area contributed by atoms with Crippen LogP contribution < -0.4 is 14.8 Å². The van der Waals surface area contributed by atoms with Crippen molar-refractivity contribution in [2.75, 3.05) is 32.6 Å². The maximum Gasteiger partial charge on any atom is 0.257 e. The number of hydrogen-bond donors (Lipinski definition) is 1. The summed E-state index contributed by atoms with van der Waals surface area (Å²) >= 11 is 6.24. The van der Waals surface area contributed by atoms with Crippen LogP contribution in [0.5, 0.6) is 11.5 Å². The molecule has 0 aliphatic heterocycles. The van der Waals surface area contributed by atoms with Gasteiger partial charge in [-0.2, -0.15) is 0 Å². The molecule has 1 N–H and O–H groups in total. The molecule has 0 saturated carbocycles. The van der Waals surface area contributed by atoms with Crippen molar-refractivity contribution in [2.45, 2.75) is 20.8 Å². The summed E-state index contributed by atoms with van der Waals surface area (Å²) in [4.78, 5) is 23.9. The van der Waals surface area contributed by atoms with E-state index in [4.69, 9.17) is 21.1 Å². The molecule has 3 aromatic rings. The van der Waals surface area contributed by atoms with E-state index in [9.17, 15) is 4.79 Å². The van der Waals surface area contributed by atoms with Gasteiger partial charge in [0.2, 0.25) is 0 Å². The number of aromatic nitrogens is 2. The normalized spacial score (nSPS) is 10.7. The Kier molecular flexibility index (Phi) is 6.62. The lowest BCUT2D eigenvalue weighted by atomic mass is 10.1. The average Bonchev–Trinajstić information content (AvgIpc) is 2.75. The molecule has 7 nitrogen and oxygen atoms in total. The Labute approximate surface area is 181 Å². The highest BCUT2D eigenvalue weighted by Crippen LogP contribution is 2.39. The number of amides is 1. The maximum absolute atomic E-state index is 13.2. The lowest BCUT2D eigenvalue weighted by molar-refractivity contribution is 0.0773. The van der Waals surface area contributed by atoms with E-state index in [0.717, 1.165) is 11.1 Å². The monoisotopic (exact) mass is 428 g/mol. The van der Waals surface area contributed by atoms with Crippen molar-refractivity contribution in [3.8, 4) is 11.5 Å². The van der Waals surface area contributed by atoms with Gasteiger partial charge in [0.1, 0.15) is 11.5 Å². The van der Waals surface area contributed by atoms with E-state index < -0.39 is 0 Å². The molecule has 0 bridgehead atoms. The first-order valence-electron chi connectivity index (χ1n) is 9.67. The fourth-order valence-corrected chi connectivity index (χ4v) is 3.47. The van der Waals surface area contributed by atoms with Gasteiger partial charge in [0.25, 0.3) is 5.91 Å². The first-order chi connectivity index (χ1) is 14.4. The minimum absolute atomic E-state index is 0.114. The van der Waals surface area contributed by atoms with Crippen LogP contribution in [0.4, 0.5) is 11.4 Å². The molecule has 1 amide bonds. The molecular weight excluding hydrogens is 404 g/mol. The predicted molar refractivity (Wildman–Crippen MR) is 119 cm³/mol. The van der Waals surface area contributed by atoms with Crippen LogP contribution in [0.25, 0.3) is 11.0 Å². The number of rotatable bonds is 7. The lowest BCUT2D eigenvalue weighted by Gasteiger charge is -2.22. The van der Waals surface area contributed by atoms with Gasteiger partial charge in [-0.05, 0) is 32.9 Å². The minimum Gasteiger partial charge on any atom is -0.495 e. The van der Waals surface area contributed by atoms with Crippen LogP contribution in [0, 0.1) is 6.92 Å². The number of pyridine rings is 2. The Bertz CT molecular complexity index is 1080. The molecule has 0 unspecified atom stereocenters. The molecule has 2 aromatic heterocycles. The predicted octanol–water partition coefficient (Wildman–Crippen LogP) is 4.83. The summed E-state index contributed by atoms with van der Waals surface area (Å²) < 4.78 is 10.8. The third-order valence-corrected chi connectivity index (χ3v) is 5.18. The summed E-state index contributed by atoms with van der Waals surface area (Å²) in [6.45, 7) is 6.98. The maximum atomic E-state index is 13.2. The Morgan fingerprint density at radius 3 is 2.47 bits per heavy atom. The standard InChI is InChI=1S/C22H25ClN4O3/c1-6-27(7-2)22(28)15-12-24-21-14(9-8-13(3)25-21)20(15)26-17-11-18(29-4)16(23)10-19(17)30-5/h8-12H,6-7H2,1-5H3,(H,24,25,26). The second-order valence-electron chi connectivity index (χ2n) is 6.66. The van der Waals surface area contributed by atoms with Crippen LogP contribution >= 0.6 is 11.6 Å². The number of ether oxygens (including phenoxy) is 2. The fourth-order valence-electron chi connectivity index (χ4n) is 3.24. The van der Waals surface area contributed by atoms with E-state index in [2.05, 4.69) is 15.3 Å². The number of nitrogens with one attached hydrogen (secondary N) is 1. The Morgan fingerprint density at radius 2 is 1.83 bits per heavy atom. The largest absolute Gasteiger partial charge is 0.495 e. The fraction of sp³-hybridized carbons (Fsp3) is 0.318. The molecule has 3 rings (SSSR count). The van der Waals surface area contributed by atoms with Gasteiger partial charge in [0.05, 0.1) is 36.2 Å². The van der Waals surface area contributed by atoms with Crippen LogP contribution in [-0.4, -0.2) is 48.1 Å². The molecule has 2 heterocycles. The van der Waals surface area contributed by atoms with E-state index in [1.807, 2.05) is 32.9 Å².